The number of ether oxygens (including phenoxy) is 1. The second-order valence-electron chi connectivity index (χ2n) is 3.96. The Kier molecular flexibility index (Phi) is 5.22. The molecule has 0 heterocycles. The van der Waals surface area contributed by atoms with Crippen LogP contribution in [-0.2, 0) is 4.74 Å². The molecule has 19 heavy (non-hydrogen) atoms. The van der Waals surface area contributed by atoms with E-state index in [1.54, 1.807) is 6.92 Å². The van der Waals surface area contributed by atoms with Crippen molar-refractivity contribution in [3.63, 3.8) is 0 Å². The Labute approximate surface area is 110 Å². The first-order valence-corrected chi connectivity index (χ1v) is 5.54. The lowest BCUT2D eigenvalue weighted by atomic mass is 10.1. The van der Waals surface area contributed by atoms with Gasteiger partial charge in [0.25, 0.3) is 11.6 Å². The van der Waals surface area contributed by atoms with Crippen molar-refractivity contribution < 1.29 is 14.5 Å². The smallest absolute Gasteiger partial charge is 0.282 e. The molecule has 1 aromatic rings. The quantitative estimate of drug-likeness (QED) is 0.396. The van der Waals surface area contributed by atoms with Gasteiger partial charge in [-0.3, -0.25) is 20.8 Å². The predicted molar refractivity (Wildman–Crippen MR) is 69.7 cm³/mol. The van der Waals surface area contributed by atoms with E-state index in [9.17, 15) is 14.9 Å². The second kappa shape index (κ2) is 6.66. The van der Waals surface area contributed by atoms with E-state index in [4.69, 9.17) is 10.6 Å². The molecular formula is C11H16N4O4. The molecule has 0 saturated heterocycles. The first-order chi connectivity index (χ1) is 8.99. The summed E-state index contributed by atoms with van der Waals surface area (Å²) in [5.74, 6) is 4.67. The molecule has 1 atom stereocenters. The van der Waals surface area contributed by atoms with Crippen molar-refractivity contribution in [1.29, 1.82) is 0 Å². The third kappa shape index (κ3) is 3.90. The van der Waals surface area contributed by atoms with Crippen LogP contribution in [-0.4, -0.2) is 30.6 Å². The molecule has 0 radical (unpaired) electrons. The van der Waals surface area contributed by atoms with Crippen molar-refractivity contribution in [3.05, 3.63) is 33.9 Å². The maximum absolute atomic E-state index is 12.0. The molecule has 104 valence electrons. The third-order valence-electron chi connectivity index (χ3n) is 2.40. The molecule has 0 spiro atoms. The molecule has 0 saturated carbocycles. The third-order valence-corrected chi connectivity index (χ3v) is 2.40. The summed E-state index contributed by atoms with van der Waals surface area (Å²) < 4.78 is 4.88. The summed E-state index contributed by atoms with van der Waals surface area (Å²) in [4.78, 5) is 22.3. The van der Waals surface area contributed by atoms with Crippen molar-refractivity contribution in [1.82, 2.24) is 5.32 Å². The van der Waals surface area contributed by atoms with Gasteiger partial charge in [-0.25, -0.2) is 0 Å². The number of anilines is 1. The summed E-state index contributed by atoms with van der Waals surface area (Å²) in [6, 6.07) is 3.72. The fourth-order valence-electron chi connectivity index (χ4n) is 1.56. The molecule has 1 rings (SSSR count). The van der Waals surface area contributed by atoms with Gasteiger partial charge in [-0.1, -0.05) is 0 Å². The average molecular weight is 268 g/mol. The number of carbonyl (C=O) groups is 1. The van der Waals surface area contributed by atoms with Crippen LogP contribution < -0.4 is 16.6 Å². The molecule has 1 amide bonds. The van der Waals surface area contributed by atoms with Gasteiger partial charge in [0.15, 0.2) is 0 Å². The summed E-state index contributed by atoms with van der Waals surface area (Å²) >= 11 is 0. The van der Waals surface area contributed by atoms with Gasteiger partial charge in [0, 0.05) is 24.9 Å². The Morgan fingerprint density at radius 1 is 1.58 bits per heavy atom. The number of methoxy groups -OCH3 is 1. The molecule has 4 N–H and O–H groups in total. The highest BCUT2D eigenvalue weighted by molar-refractivity contribution is 5.99. The minimum atomic E-state index is -0.615. The first kappa shape index (κ1) is 14.9. The number of nitrogen functional groups attached to an aromatic ring is 1. The zero-order chi connectivity index (χ0) is 14.4. The number of nitro benzene ring substituents is 1. The van der Waals surface area contributed by atoms with E-state index in [0.29, 0.717) is 12.3 Å². The van der Waals surface area contributed by atoms with Crippen LogP contribution in [0.5, 0.6) is 0 Å². The molecule has 1 unspecified atom stereocenters. The minimum absolute atomic E-state index is 0.0524. The molecule has 0 aromatic heterocycles. The number of carbonyl (C=O) groups excluding carboxylic acids is 1. The number of hydrogen-bond donors (Lipinski definition) is 3. The minimum Gasteiger partial charge on any atom is -0.383 e. The molecule has 0 fully saturated rings. The van der Waals surface area contributed by atoms with Gasteiger partial charge in [-0.05, 0) is 19.1 Å². The fraction of sp³-hybridized carbons (Fsp3) is 0.364. The van der Waals surface area contributed by atoms with E-state index >= 15 is 0 Å². The maximum Gasteiger partial charge on any atom is 0.282 e. The van der Waals surface area contributed by atoms with Gasteiger partial charge in [0.2, 0.25) is 0 Å². The maximum atomic E-state index is 12.0. The Hall–Kier alpha value is -2.19. The molecule has 0 aliphatic heterocycles. The van der Waals surface area contributed by atoms with Crippen molar-refractivity contribution in [3.8, 4) is 0 Å². The van der Waals surface area contributed by atoms with Crippen LogP contribution in [0.2, 0.25) is 0 Å². The van der Waals surface area contributed by atoms with Gasteiger partial charge in [-0.2, -0.15) is 0 Å². The zero-order valence-electron chi connectivity index (χ0n) is 10.7. The van der Waals surface area contributed by atoms with Crippen LogP contribution in [0.15, 0.2) is 18.2 Å². The Morgan fingerprint density at radius 3 is 2.79 bits per heavy atom. The topological polar surface area (TPSA) is 120 Å². The SMILES string of the molecule is COCC(C)NC(=O)c1cc(NN)ccc1[N+](=O)[O-]. The number of nitrogens with zero attached hydrogens (tertiary/aromatic N) is 1. The van der Waals surface area contributed by atoms with Gasteiger partial charge >= 0.3 is 0 Å². The normalized spacial score (nSPS) is 11.7. The summed E-state index contributed by atoms with van der Waals surface area (Å²) in [6.45, 7) is 2.05. The zero-order valence-corrected chi connectivity index (χ0v) is 10.7. The predicted octanol–water partition coefficient (Wildman–Crippen LogP) is 0.645. The van der Waals surface area contributed by atoms with E-state index in [0.717, 1.165) is 0 Å². The van der Waals surface area contributed by atoms with Gasteiger partial charge in [0.05, 0.1) is 11.5 Å². The van der Waals surface area contributed by atoms with Crippen LogP contribution in [0, 0.1) is 10.1 Å². The number of amides is 1. The van der Waals surface area contributed by atoms with Crippen LogP contribution in [0.3, 0.4) is 0 Å². The average Bonchev–Trinajstić information content (AvgIpc) is 2.37. The number of hydrazine groups is 1. The summed E-state index contributed by atoms with van der Waals surface area (Å²) in [5.41, 5.74) is 2.42. The Bertz CT molecular complexity index is 478. The molecule has 8 heteroatoms. The lowest BCUT2D eigenvalue weighted by molar-refractivity contribution is -0.385. The van der Waals surface area contributed by atoms with E-state index in [1.165, 1.54) is 25.3 Å². The van der Waals surface area contributed by atoms with Gasteiger partial charge in [0.1, 0.15) is 5.56 Å². The van der Waals surface area contributed by atoms with Crippen molar-refractivity contribution in [2.24, 2.45) is 5.84 Å². The Balaban J connectivity index is 3.02. The van der Waals surface area contributed by atoms with Crippen LogP contribution >= 0.6 is 0 Å². The fourth-order valence-corrected chi connectivity index (χ4v) is 1.56. The largest absolute Gasteiger partial charge is 0.383 e. The number of nitrogens with two attached hydrogens (primary N) is 1. The van der Waals surface area contributed by atoms with Crippen molar-refractivity contribution in [2.75, 3.05) is 19.1 Å². The van der Waals surface area contributed by atoms with Crippen LogP contribution in [0.4, 0.5) is 11.4 Å². The monoisotopic (exact) mass is 268 g/mol. The van der Waals surface area contributed by atoms with E-state index < -0.39 is 10.8 Å². The van der Waals surface area contributed by atoms with E-state index in [1.807, 2.05) is 0 Å². The molecule has 8 nitrogen and oxygen atoms in total. The number of benzene rings is 1. The molecule has 0 aliphatic carbocycles. The number of hydrogen-bond acceptors (Lipinski definition) is 6. The number of nitro groups is 1. The molecular weight excluding hydrogens is 252 g/mol. The van der Waals surface area contributed by atoms with Crippen molar-refractivity contribution in [2.45, 2.75) is 13.0 Å². The highest BCUT2D eigenvalue weighted by Gasteiger charge is 2.21. The molecule has 0 aliphatic rings. The summed E-state index contributed by atoms with van der Waals surface area (Å²) in [6.07, 6.45) is 0. The lowest BCUT2D eigenvalue weighted by Crippen LogP contribution is -2.36. The first-order valence-electron chi connectivity index (χ1n) is 5.54. The lowest BCUT2D eigenvalue weighted by Gasteiger charge is -2.13. The van der Waals surface area contributed by atoms with E-state index in [-0.39, 0.29) is 17.3 Å². The summed E-state index contributed by atoms with van der Waals surface area (Å²) in [7, 11) is 1.50. The van der Waals surface area contributed by atoms with Gasteiger partial charge < -0.3 is 15.5 Å². The molecule has 0 bridgehead atoms. The van der Waals surface area contributed by atoms with Gasteiger partial charge in [-0.15, -0.1) is 0 Å². The second-order valence-corrected chi connectivity index (χ2v) is 3.96. The Morgan fingerprint density at radius 2 is 2.26 bits per heavy atom. The van der Waals surface area contributed by atoms with Crippen molar-refractivity contribution >= 4 is 17.3 Å². The number of nitrogens with one attached hydrogen (secondary N) is 2. The highest BCUT2D eigenvalue weighted by Crippen LogP contribution is 2.22. The standard InChI is InChI=1S/C11H16N4O4/c1-7(6-19-2)13-11(16)9-5-8(14-12)3-4-10(9)15(17)18/h3-5,7,14H,6,12H2,1-2H3,(H,13,16). The van der Waals surface area contributed by atoms with E-state index in [2.05, 4.69) is 10.7 Å². The summed E-state index contributed by atoms with van der Waals surface area (Å²) in [5, 5.41) is 13.5. The van der Waals surface area contributed by atoms with Crippen LogP contribution in [0.1, 0.15) is 17.3 Å². The van der Waals surface area contributed by atoms with Crippen LogP contribution in [0.25, 0.3) is 0 Å². The number of rotatable bonds is 6. The molecule has 1 aromatic carbocycles. The highest BCUT2D eigenvalue weighted by atomic mass is 16.6.